The summed E-state index contributed by atoms with van der Waals surface area (Å²) < 4.78 is 5.27. The zero-order valence-electron chi connectivity index (χ0n) is 8.36. The van der Waals surface area contributed by atoms with Gasteiger partial charge in [-0.3, -0.25) is 4.79 Å². The fraction of sp³-hybridized carbons (Fsp3) is 0.273. The Morgan fingerprint density at radius 1 is 1.57 bits per heavy atom. The van der Waals surface area contributed by atoms with Gasteiger partial charge < -0.3 is 4.74 Å². The van der Waals surface area contributed by atoms with Gasteiger partial charge in [-0.1, -0.05) is 12.1 Å². The first-order valence-corrected chi connectivity index (χ1v) is 4.50. The molecule has 0 amide bonds. The second kappa shape index (κ2) is 5.17. The van der Waals surface area contributed by atoms with E-state index < -0.39 is 0 Å². The van der Waals surface area contributed by atoms with Crippen molar-refractivity contribution in [1.82, 2.24) is 0 Å². The lowest BCUT2D eigenvalue weighted by molar-refractivity contribution is -0.103. The molecule has 0 aliphatic carbocycles. The van der Waals surface area contributed by atoms with Crippen molar-refractivity contribution in [2.75, 3.05) is 6.54 Å². The zero-order chi connectivity index (χ0) is 10.4. The Hall–Kier alpha value is -1.64. The van der Waals surface area contributed by atoms with E-state index in [0.29, 0.717) is 18.6 Å². The highest BCUT2D eigenvalue weighted by atomic mass is 16.5. The molecular weight excluding hydrogens is 178 g/mol. The number of carbonyl (C=O) groups is 1. The van der Waals surface area contributed by atoms with Crippen molar-refractivity contribution in [3.05, 3.63) is 29.8 Å². The van der Waals surface area contributed by atoms with Gasteiger partial charge >= 0.3 is 0 Å². The molecule has 1 aromatic rings. The van der Waals surface area contributed by atoms with Crippen molar-refractivity contribution in [3.8, 4) is 5.75 Å². The van der Waals surface area contributed by atoms with Crippen molar-refractivity contribution in [1.29, 1.82) is 0 Å². The Labute approximate surface area is 83.4 Å². The summed E-state index contributed by atoms with van der Waals surface area (Å²) in [6.07, 6.45) is 0.617. The molecule has 3 nitrogen and oxygen atoms in total. The number of aryl methyl sites for hydroxylation is 1. The van der Waals surface area contributed by atoms with E-state index in [-0.39, 0.29) is 5.90 Å². The Bertz CT molecular complexity index is 345. The molecule has 3 heteroatoms. The van der Waals surface area contributed by atoms with Gasteiger partial charge in [-0.25, -0.2) is 4.99 Å². The molecule has 0 saturated heterocycles. The number of carbonyl (C=O) groups excluding carboxylic acids is 1. The van der Waals surface area contributed by atoms with Crippen LogP contribution in [0.3, 0.4) is 0 Å². The number of hydrogen-bond acceptors (Lipinski definition) is 3. The van der Waals surface area contributed by atoms with E-state index in [4.69, 9.17) is 4.74 Å². The van der Waals surface area contributed by atoms with Crippen LogP contribution in [0.2, 0.25) is 0 Å². The lowest BCUT2D eigenvalue weighted by atomic mass is 10.2. The minimum atomic E-state index is 0.123. The molecule has 1 rings (SSSR count). The summed E-state index contributed by atoms with van der Waals surface area (Å²) in [6, 6.07) is 7.49. The molecule has 0 heterocycles. The Balaban J connectivity index is 2.77. The minimum Gasteiger partial charge on any atom is -0.436 e. The monoisotopic (exact) mass is 191 g/mol. The predicted octanol–water partition coefficient (Wildman–Crippen LogP) is 1.99. The van der Waals surface area contributed by atoms with Gasteiger partial charge in [-0.15, -0.1) is 0 Å². The van der Waals surface area contributed by atoms with Crippen LogP contribution in [-0.4, -0.2) is 18.7 Å². The standard InChI is InChI=1S/C11H13NO2/c1-3-12-11(8-13)14-10-6-4-5-9(2)7-10/h4-8H,3H2,1-2H3. The zero-order valence-corrected chi connectivity index (χ0v) is 8.36. The molecule has 0 aliphatic rings. The molecule has 0 atom stereocenters. The van der Waals surface area contributed by atoms with E-state index in [1.54, 1.807) is 6.07 Å². The Morgan fingerprint density at radius 3 is 2.93 bits per heavy atom. The maximum absolute atomic E-state index is 10.5. The molecule has 0 bridgehead atoms. The third-order valence-corrected chi connectivity index (χ3v) is 1.63. The number of rotatable bonds is 3. The first-order valence-electron chi connectivity index (χ1n) is 4.50. The molecule has 0 fully saturated rings. The summed E-state index contributed by atoms with van der Waals surface area (Å²) in [7, 11) is 0. The smallest absolute Gasteiger partial charge is 0.255 e. The molecule has 14 heavy (non-hydrogen) atoms. The largest absolute Gasteiger partial charge is 0.436 e. The number of nitrogens with zero attached hydrogens (tertiary/aromatic N) is 1. The van der Waals surface area contributed by atoms with Gasteiger partial charge in [0.05, 0.1) is 0 Å². The van der Waals surface area contributed by atoms with Crippen LogP contribution in [-0.2, 0) is 4.79 Å². The summed E-state index contributed by atoms with van der Waals surface area (Å²) in [5, 5.41) is 0. The molecule has 0 aromatic heterocycles. The second-order valence-corrected chi connectivity index (χ2v) is 2.85. The van der Waals surface area contributed by atoms with Gasteiger partial charge in [-0.2, -0.15) is 0 Å². The van der Waals surface area contributed by atoms with Crippen molar-refractivity contribution in [3.63, 3.8) is 0 Å². The quantitative estimate of drug-likeness (QED) is 0.416. The van der Waals surface area contributed by atoms with E-state index in [2.05, 4.69) is 4.99 Å². The average Bonchev–Trinajstić information content (AvgIpc) is 2.17. The number of ether oxygens (including phenoxy) is 1. The van der Waals surface area contributed by atoms with E-state index in [9.17, 15) is 4.79 Å². The number of benzene rings is 1. The normalized spacial score (nSPS) is 11.1. The maximum atomic E-state index is 10.5. The molecule has 0 N–H and O–H groups in total. The SMILES string of the molecule is CCN=C(C=O)Oc1cccc(C)c1. The van der Waals surface area contributed by atoms with Crippen LogP contribution in [0.1, 0.15) is 12.5 Å². The fourth-order valence-electron chi connectivity index (χ4n) is 1.05. The maximum Gasteiger partial charge on any atom is 0.255 e. The lowest BCUT2D eigenvalue weighted by Crippen LogP contribution is -2.10. The second-order valence-electron chi connectivity index (χ2n) is 2.85. The van der Waals surface area contributed by atoms with Crippen molar-refractivity contribution in [2.24, 2.45) is 4.99 Å². The topological polar surface area (TPSA) is 38.7 Å². The van der Waals surface area contributed by atoms with Gasteiger partial charge in [-0.05, 0) is 31.5 Å². The predicted molar refractivity (Wildman–Crippen MR) is 55.8 cm³/mol. The first kappa shape index (κ1) is 10.4. The van der Waals surface area contributed by atoms with Crippen LogP contribution in [0.4, 0.5) is 0 Å². The highest BCUT2D eigenvalue weighted by Crippen LogP contribution is 2.12. The minimum absolute atomic E-state index is 0.123. The highest BCUT2D eigenvalue weighted by Gasteiger charge is 1.99. The third kappa shape index (κ3) is 3.01. The van der Waals surface area contributed by atoms with Crippen LogP contribution in [0, 0.1) is 6.92 Å². The van der Waals surface area contributed by atoms with Gasteiger partial charge in [0.2, 0.25) is 6.29 Å². The van der Waals surface area contributed by atoms with Crippen LogP contribution < -0.4 is 4.74 Å². The van der Waals surface area contributed by atoms with Crippen molar-refractivity contribution in [2.45, 2.75) is 13.8 Å². The molecule has 0 radical (unpaired) electrons. The summed E-state index contributed by atoms with van der Waals surface area (Å²) in [5.74, 6) is 0.766. The van der Waals surface area contributed by atoms with Crippen LogP contribution in [0.15, 0.2) is 29.3 Å². The Kier molecular flexibility index (Phi) is 3.85. The van der Waals surface area contributed by atoms with E-state index >= 15 is 0 Å². The molecule has 1 aromatic carbocycles. The van der Waals surface area contributed by atoms with Gasteiger partial charge in [0.25, 0.3) is 5.90 Å². The number of aliphatic imine (C=N–C) groups is 1. The fourth-order valence-corrected chi connectivity index (χ4v) is 1.05. The van der Waals surface area contributed by atoms with Crippen LogP contribution in [0.25, 0.3) is 0 Å². The Morgan fingerprint density at radius 2 is 2.36 bits per heavy atom. The average molecular weight is 191 g/mol. The van der Waals surface area contributed by atoms with Crippen molar-refractivity contribution < 1.29 is 9.53 Å². The van der Waals surface area contributed by atoms with E-state index in [1.165, 1.54) is 0 Å². The summed E-state index contributed by atoms with van der Waals surface area (Å²) in [5.41, 5.74) is 1.09. The summed E-state index contributed by atoms with van der Waals surface area (Å²) in [6.45, 7) is 4.35. The van der Waals surface area contributed by atoms with Crippen molar-refractivity contribution >= 4 is 12.2 Å². The van der Waals surface area contributed by atoms with Gasteiger partial charge in [0.15, 0.2) is 0 Å². The molecule has 0 saturated carbocycles. The van der Waals surface area contributed by atoms with Crippen LogP contribution >= 0.6 is 0 Å². The molecule has 0 aliphatic heterocycles. The van der Waals surface area contributed by atoms with E-state index in [1.807, 2.05) is 32.0 Å². The molecule has 0 unspecified atom stereocenters. The van der Waals surface area contributed by atoms with E-state index in [0.717, 1.165) is 5.56 Å². The highest BCUT2D eigenvalue weighted by molar-refractivity contribution is 6.24. The number of aldehydes is 1. The van der Waals surface area contributed by atoms with Crippen LogP contribution in [0.5, 0.6) is 5.75 Å². The third-order valence-electron chi connectivity index (χ3n) is 1.63. The lowest BCUT2D eigenvalue weighted by Gasteiger charge is -2.03. The first-order chi connectivity index (χ1) is 6.76. The molecular formula is C11H13NO2. The molecule has 0 spiro atoms. The summed E-state index contributed by atoms with van der Waals surface area (Å²) >= 11 is 0. The van der Waals surface area contributed by atoms with Gasteiger partial charge in [0.1, 0.15) is 5.75 Å². The van der Waals surface area contributed by atoms with Gasteiger partial charge in [0, 0.05) is 6.54 Å². The summed E-state index contributed by atoms with van der Waals surface area (Å²) in [4.78, 5) is 14.4. The molecule has 74 valence electrons. The number of hydrogen-bond donors (Lipinski definition) is 0.